The molecule has 23 heavy (non-hydrogen) atoms. The molecule has 0 spiro atoms. The second-order valence-corrected chi connectivity index (χ2v) is 5.93. The Balaban J connectivity index is 1.50. The largest absolute Gasteiger partial charge is 0.379 e. The number of anilines is 1. The first-order valence-corrected chi connectivity index (χ1v) is 8.39. The molecule has 0 unspecified atom stereocenters. The average molecular weight is 322 g/mol. The van der Waals surface area contributed by atoms with Gasteiger partial charge in [-0.3, -0.25) is 9.80 Å². The highest BCUT2D eigenvalue weighted by molar-refractivity contribution is 5.16. The number of nitrogens with zero attached hydrogens (tertiary/aromatic N) is 5. The van der Waals surface area contributed by atoms with E-state index in [-0.39, 0.29) is 0 Å². The zero-order valence-electron chi connectivity index (χ0n) is 13.6. The van der Waals surface area contributed by atoms with E-state index in [1.54, 1.807) is 0 Å². The Morgan fingerprint density at radius 1 is 0.739 bits per heavy atom. The van der Waals surface area contributed by atoms with Crippen LogP contribution in [0.2, 0.25) is 0 Å². The summed E-state index contributed by atoms with van der Waals surface area (Å²) in [5.74, 6) is 1.91. The molecule has 0 atom stereocenters. The lowest BCUT2D eigenvalue weighted by Gasteiger charge is -2.26. The number of nitrogens with two attached hydrogens (primary N) is 1. The van der Waals surface area contributed by atoms with Gasteiger partial charge in [-0.15, -0.1) is 0 Å². The smallest absolute Gasteiger partial charge is 0.223 e. The Kier molecular flexibility index (Phi) is 6.09. The fraction of sp³-hybridized carbons (Fsp3) is 0.800. The molecule has 2 fully saturated rings. The molecule has 0 aromatic carbocycles. The van der Waals surface area contributed by atoms with Gasteiger partial charge in [0.1, 0.15) is 11.6 Å². The van der Waals surface area contributed by atoms with Crippen molar-refractivity contribution >= 4 is 5.95 Å². The maximum Gasteiger partial charge on any atom is 0.223 e. The van der Waals surface area contributed by atoms with Crippen LogP contribution in [-0.2, 0) is 22.3 Å². The van der Waals surface area contributed by atoms with Crippen molar-refractivity contribution in [2.24, 2.45) is 0 Å². The number of hydrogen-bond acceptors (Lipinski definition) is 8. The summed E-state index contributed by atoms with van der Waals surface area (Å²) in [5, 5.41) is 0. The minimum atomic E-state index is 0.328. The lowest BCUT2D eigenvalue weighted by molar-refractivity contribution is 0.0379. The first-order valence-electron chi connectivity index (χ1n) is 8.39. The summed E-state index contributed by atoms with van der Waals surface area (Å²) in [4.78, 5) is 17.9. The number of morpholine rings is 2. The number of aromatic nitrogens is 3. The van der Waals surface area contributed by atoms with Gasteiger partial charge in [0, 0.05) is 52.1 Å². The topological polar surface area (TPSA) is 89.6 Å². The molecule has 0 saturated carbocycles. The first-order chi connectivity index (χ1) is 11.3. The Hall–Kier alpha value is -1.35. The van der Waals surface area contributed by atoms with Crippen molar-refractivity contribution in [1.29, 1.82) is 0 Å². The van der Waals surface area contributed by atoms with Crippen molar-refractivity contribution in [2.75, 3.05) is 71.4 Å². The summed E-state index contributed by atoms with van der Waals surface area (Å²) in [6.45, 7) is 9.03. The van der Waals surface area contributed by atoms with Crippen LogP contribution in [-0.4, -0.2) is 90.4 Å². The number of hydrogen-bond donors (Lipinski definition) is 1. The van der Waals surface area contributed by atoms with Gasteiger partial charge in [0.25, 0.3) is 0 Å². The molecule has 128 valence electrons. The Bertz CT molecular complexity index is 449. The molecule has 0 amide bonds. The highest BCUT2D eigenvalue weighted by Crippen LogP contribution is 2.05. The fourth-order valence-corrected chi connectivity index (χ4v) is 2.88. The highest BCUT2D eigenvalue weighted by atomic mass is 16.5. The van der Waals surface area contributed by atoms with Crippen LogP contribution in [0.15, 0.2) is 0 Å². The fourth-order valence-electron chi connectivity index (χ4n) is 2.88. The molecule has 0 aliphatic carbocycles. The van der Waals surface area contributed by atoms with Crippen LogP contribution < -0.4 is 5.73 Å². The summed E-state index contributed by atoms with van der Waals surface area (Å²) in [6, 6.07) is 0. The van der Waals surface area contributed by atoms with E-state index in [2.05, 4.69) is 24.8 Å². The van der Waals surface area contributed by atoms with E-state index in [0.29, 0.717) is 5.95 Å². The van der Waals surface area contributed by atoms with Crippen LogP contribution >= 0.6 is 0 Å². The summed E-state index contributed by atoms with van der Waals surface area (Å²) < 4.78 is 10.7. The second-order valence-electron chi connectivity index (χ2n) is 5.93. The van der Waals surface area contributed by atoms with Crippen molar-refractivity contribution in [3.05, 3.63) is 11.6 Å². The van der Waals surface area contributed by atoms with Gasteiger partial charge in [-0.25, -0.2) is 4.98 Å². The highest BCUT2D eigenvalue weighted by Gasteiger charge is 2.13. The van der Waals surface area contributed by atoms with Crippen molar-refractivity contribution < 1.29 is 9.47 Å². The van der Waals surface area contributed by atoms with E-state index in [0.717, 1.165) is 90.2 Å². The van der Waals surface area contributed by atoms with E-state index in [1.807, 2.05) is 0 Å². The summed E-state index contributed by atoms with van der Waals surface area (Å²) in [5.41, 5.74) is 5.85. The van der Waals surface area contributed by atoms with E-state index in [9.17, 15) is 0 Å². The molecule has 2 saturated heterocycles. The zero-order chi connectivity index (χ0) is 15.9. The Morgan fingerprint density at radius 3 is 1.61 bits per heavy atom. The maximum atomic E-state index is 5.85. The number of rotatable bonds is 6. The van der Waals surface area contributed by atoms with Gasteiger partial charge in [0.2, 0.25) is 5.95 Å². The van der Waals surface area contributed by atoms with Crippen LogP contribution in [0.25, 0.3) is 0 Å². The summed E-state index contributed by atoms with van der Waals surface area (Å²) >= 11 is 0. The monoisotopic (exact) mass is 322 g/mol. The lowest BCUT2D eigenvalue weighted by Crippen LogP contribution is -2.38. The van der Waals surface area contributed by atoms with Crippen LogP contribution in [0.1, 0.15) is 11.6 Å². The molecule has 2 aliphatic rings. The van der Waals surface area contributed by atoms with Crippen LogP contribution in [0.3, 0.4) is 0 Å². The second kappa shape index (κ2) is 8.49. The molecule has 3 heterocycles. The van der Waals surface area contributed by atoms with Crippen LogP contribution in [0, 0.1) is 0 Å². The molecule has 0 bridgehead atoms. The minimum Gasteiger partial charge on any atom is -0.379 e. The van der Waals surface area contributed by atoms with Crippen LogP contribution in [0.4, 0.5) is 5.95 Å². The normalized spacial score (nSPS) is 20.7. The summed E-state index contributed by atoms with van der Waals surface area (Å²) in [7, 11) is 0. The average Bonchev–Trinajstić information content (AvgIpc) is 2.60. The molecular weight excluding hydrogens is 296 g/mol. The Morgan fingerprint density at radius 2 is 1.17 bits per heavy atom. The first kappa shape index (κ1) is 16.5. The predicted molar refractivity (Wildman–Crippen MR) is 86.2 cm³/mol. The van der Waals surface area contributed by atoms with Gasteiger partial charge in [-0.05, 0) is 0 Å². The van der Waals surface area contributed by atoms with Crippen LogP contribution in [0.5, 0.6) is 0 Å². The van der Waals surface area contributed by atoms with Gasteiger partial charge in [0.05, 0.1) is 26.4 Å². The Labute approximate surface area is 137 Å². The molecule has 1 aromatic rings. The van der Waals surface area contributed by atoms with Gasteiger partial charge in [-0.2, -0.15) is 9.97 Å². The van der Waals surface area contributed by atoms with Gasteiger partial charge < -0.3 is 15.2 Å². The molecule has 2 aliphatic heterocycles. The third kappa shape index (κ3) is 5.35. The lowest BCUT2D eigenvalue weighted by atomic mass is 10.3. The van der Waals surface area contributed by atoms with E-state index < -0.39 is 0 Å². The molecule has 1 aromatic heterocycles. The SMILES string of the molecule is Nc1nc(CCN2CCOCC2)nc(CCN2CCOCC2)n1. The molecule has 8 heteroatoms. The van der Waals surface area contributed by atoms with E-state index >= 15 is 0 Å². The third-order valence-electron chi connectivity index (χ3n) is 4.26. The third-order valence-corrected chi connectivity index (χ3v) is 4.26. The quantitative estimate of drug-likeness (QED) is 0.728. The van der Waals surface area contributed by atoms with E-state index in [4.69, 9.17) is 15.2 Å². The number of ether oxygens (including phenoxy) is 2. The van der Waals surface area contributed by atoms with Crippen molar-refractivity contribution in [2.45, 2.75) is 12.8 Å². The van der Waals surface area contributed by atoms with Crippen molar-refractivity contribution in [3.8, 4) is 0 Å². The molecular formula is C15H26N6O2. The standard InChI is InChI=1S/C15H26N6O2/c16-15-18-13(1-3-20-5-9-22-10-6-20)17-14(19-15)2-4-21-7-11-23-12-8-21/h1-12H2,(H2,16,17,18,19). The molecule has 2 N–H and O–H groups in total. The zero-order valence-corrected chi connectivity index (χ0v) is 13.6. The van der Waals surface area contributed by atoms with Crippen molar-refractivity contribution in [1.82, 2.24) is 24.8 Å². The molecule has 8 nitrogen and oxygen atoms in total. The minimum absolute atomic E-state index is 0.328. The molecule has 3 rings (SSSR count). The van der Waals surface area contributed by atoms with Gasteiger partial charge >= 0.3 is 0 Å². The number of nitrogen functional groups attached to an aromatic ring is 1. The van der Waals surface area contributed by atoms with Crippen molar-refractivity contribution in [3.63, 3.8) is 0 Å². The maximum absolute atomic E-state index is 5.85. The van der Waals surface area contributed by atoms with Gasteiger partial charge in [0.15, 0.2) is 0 Å². The molecule has 0 radical (unpaired) electrons. The summed E-state index contributed by atoms with van der Waals surface area (Å²) in [6.07, 6.45) is 1.61. The van der Waals surface area contributed by atoms with E-state index in [1.165, 1.54) is 0 Å². The predicted octanol–water partition coefficient (Wildman–Crippen LogP) is -0.797. The van der Waals surface area contributed by atoms with Gasteiger partial charge in [-0.1, -0.05) is 0 Å².